The molecule has 4 nitrogen and oxygen atoms in total. The Bertz CT molecular complexity index is 404. The number of aryl methyl sites for hydroxylation is 2. The average Bonchev–Trinajstić information content (AvgIpc) is 2.16. The highest BCUT2D eigenvalue weighted by atomic mass is 15.0. The first-order chi connectivity index (χ1) is 7.54. The molecule has 1 aromatic rings. The molecule has 0 bridgehead atoms. The monoisotopic (exact) mass is 218 g/mol. The summed E-state index contributed by atoms with van der Waals surface area (Å²) in [6, 6.07) is 4.24. The summed E-state index contributed by atoms with van der Waals surface area (Å²) < 4.78 is 0. The molecule has 0 spiro atoms. The molecule has 0 aliphatic heterocycles. The van der Waals surface area contributed by atoms with Crippen molar-refractivity contribution in [2.75, 3.05) is 11.9 Å². The number of nitriles is 1. The molecule has 0 saturated carbocycles. The predicted molar refractivity (Wildman–Crippen MR) is 65.2 cm³/mol. The van der Waals surface area contributed by atoms with Gasteiger partial charge in [0, 0.05) is 18.3 Å². The number of aromatic nitrogens is 1. The second kappa shape index (κ2) is 5.47. The number of hydrogen-bond acceptors (Lipinski definition) is 4. The molecule has 1 atom stereocenters. The van der Waals surface area contributed by atoms with Gasteiger partial charge in [-0.15, -0.1) is 0 Å². The molecule has 0 saturated heterocycles. The maximum atomic E-state index is 9.04. The third kappa shape index (κ3) is 3.21. The summed E-state index contributed by atoms with van der Waals surface area (Å²) in [5.74, 6) is 0.667. The number of rotatable bonds is 4. The molecule has 0 radical (unpaired) electrons. The van der Waals surface area contributed by atoms with Crippen LogP contribution in [0.25, 0.3) is 0 Å². The van der Waals surface area contributed by atoms with E-state index < -0.39 is 0 Å². The molecule has 0 aliphatic rings. The highest BCUT2D eigenvalue weighted by Crippen LogP contribution is 2.17. The quantitative estimate of drug-likeness (QED) is 0.807. The zero-order valence-corrected chi connectivity index (χ0v) is 10.0. The van der Waals surface area contributed by atoms with Crippen LogP contribution in [0.3, 0.4) is 0 Å². The number of pyridine rings is 1. The van der Waals surface area contributed by atoms with E-state index in [-0.39, 0.29) is 6.04 Å². The van der Waals surface area contributed by atoms with Gasteiger partial charge in [0.2, 0.25) is 0 Å². The molecule has 1 unspecified atom stereocenters. The Hall–Kier alpha value is -1.60. The summed E-state index contributed by atoms with van der Waals surface area (Å²) >= 11 is 0. The van der Waals surface area contributed by atoms with E-state index in [0.717, 1.165) is 24.2 Å². The molecule has 0 aromatic carbocycles. The van der Waals surface area contributed by atoms with Crippen molar-refractivity contribution in [3.63, 3.8) is 0 Å². The van der Waals surface area contributed by atoms with Gasteiger partial charge in [-0.3, -0.25) is 0 Å². The molecular formula is C12H18N4. The zero-order valence-electron chi connectivity index (χ0n) is 10.0. The van der Waals surface area contributed by atoms with Gasteiger partial charge in [0.05, 0.1) is 5.56 Å². The van der Waals surface area contributed by atoms with Gasteiger partial charge in [0.1, 0.15) is 11.9 Å². The molecule has 86 valence electrons. The zero-order chi connectivity index (χ0) is 12.1. The van der Waals surface area contributed by atoms with Crippen LogP contribution in [0, 0.1) is 25.2 Å². The van der Waals surface area contributed by atoms with Crippen molar-refractivity contribution in [1.82, 2.24) is 4.98 Å². The smallest absolute Gasteiger partial charge is 0.144 e. The van der Waals surface area contributed by atoms with Crippen LogP contribution in [0.4, 0.5) is 5.82 Å². The summed E-state index contributed by atoms with van der Waals surface area (Å²) in [6.07, 6.45) is 0.861. The van der Waals surface area contributed by atoms with Crippen molar-refractivity contribution in [3.8, 4) is 6.07 Å². The first kappa shape index (κ1) is 12.5. The lowest BCUT2D eigenvalue weighted by Crippen LogP contribution is -2.19. The van der Waals surface area contributed by atoms with Gasteiger partial charge in [-0.1, -0.05) is 0 Å². The first-order valence-corrected chi connectivity index (χ1v) is 5.42. The minimum Gasteiger partial charge on any atom is -0.369 e. The van der Waals surface area contributed by atoms with E-state index in [0.29, 0.717) is 11.4 Å². The lowest BCUT2D eigenvalue weighted by atomic mass is 10.1. The van der Waals surface area contributed by atoms with Crippen LogP contribution in [0.5, 0.6) is 0 Å². The lowest BCUT2D eigenvalue weighted by molar-refractivity contribution is 0.689. The fourth-order valence-corrected chi connectivity index (χ4v) is 1.52. The van der Waals surface area contributed by atoms with Crippen LogP contribution in [0.2, 0.25) is 0 Å². The molecule has 16 heavy (non-hydrogen) atoms. The van der Waals surface area contributed by atoms with Crippen LogP contribution in [0.15, 0.2) is 6.07 Å². The average molecular weight is 218 g/mol. The number of nitrogens with one attached hydrogen (secondary N) is 1. The van der Waals surface area contributed by atoms with Crippen LogP contribution in [-0.4, -0.2) is 17.6 Å². The summed E-state index contributed by atoms with van der Waals surface area (Å²) in [6.45, 7) is 6.54. The second-order valence-electron chi connectivity index (χ2n) is 4.11. The highest BCUT2D eigenvalue weighted by Gasteiger charge is 2.07. The molecular weight excluding hydrogens is 200 g/mol. The predicted octanol–water partition coefficient (Wildman–Crippen LogP) is 1.72. The normalized spacial score (nSPS) is 11.9. The topological polar surface area (TPSA) is 74.7 Å². The van der Waals surface area contributed by atoms with E-state index >= 15 is 0 Å². The fourth-order valence-electron chi connectivity index (χ4n) is 1.52. The molecule has 1 aromatic heterocycles. The molecule has 0 fully saturated rings. The van der Waals surface area contributed by atoms with Crippen LogP contribution < -0.4 is 11.1 Å². The van der Waals surface area contributed by atoms with Gasteiger partial charge in [0.25, 0.3) is 0 Å². The molecule has 0 amide bonds. The molecule has 4 heteroatoms. The van der Waals surface area contributed by atoms with Gasteiger partial charge in [0.15, 0.2) is 0 Å². The third-order valence-electron chi connectivity index (χ3n) is 2.35. The van der Waals surface area contributed by atoms with Gasteiger partial charge in [-0.2, -0.15) is 5.26 Å². The van der Waals surface area contributed by atoms with Gasteiger partial charge in [-0.05, 0) is 38.8 Å². The lowest BCUT2D eigenvalue weighted by Gasteiger charge is -2.11. The number of hydrogen-bond donors (Lipinski definition) is 2. The van der Waals surface area contributed by atoms with Gasteiger partial charge >= 0.3 is 0 Å². The fraction of sp³-hybridized carbons (Fsp3) is 0.500. The Morgan fingerprint density at radius 3 is 2.81 bits per heavy atom. The standard InChI is InChI=1S/C12H18N4/c1-8-6-10(3)16-12(11(8)7-13)15-5-4-9(2)14/h6,9H,4-5,14H2,1-3H3,(H,15,16). The van der Waals surface area contributed by atoms with E-state index in [4.69, 9.17) is 11.0 Å². The Balaban J connectivity index is 2.82. The Morgan fingerprint density at radius 1 is 1.56 bits per heavy atom. The van der Waals surface area contributed by atoms with Crippen molar-refractivity contribution >= 4 is 5.82 Å². The largest absolute Gasteiger partial charge is 0.369 e. The van der Waals surface area contributed by atoms with Crippen molar-refractivity contribution in [1.29, 1.82) is 5.26 Å². The Kier molecular flexibility index (Phi) is 4.27. The number of nitrogens with two attached hydrogens (primary N) is 1. The SMILES string of the molecule is Cc1cc(C)c(C#N)c(NCCC(C)N)n1. The maximum Gasteiger partial charge on any atom is 0.144 e. The van der Waals surface area contributed by atoms with Crippen molar-refractivity contribution in [2.24, 2.45) is 5.73 Å². The molecule has 1 heterocycles. The highest BCUT2D eigenvalue weighted by molar-refractivity contribution is 5.56. The van der Waals surface area contributed by atoms with Crippen LogP contribution in [-0.2, 0) is 0 Å². The Labute approximate surface area is 96.5 Å². The van der Waals surface area contributed by atoms with Crippen LogP contribution in [0.1, 0.15) is 30.2 Å². The summed E-state index contributed by atoms with van der Waals surface area (Å²) in [5.41, 5.74) is 8.16. The van der Waals surface area contributed by atoms with E-state index in [1.807, 2.05) is 26.8 Å². The Morgan fingerprint density at radius 2 is 2.25 bits per heavy atom. The van der Waals surface area contributed by atoms with Crippen LogP contribution >= 0.6 is 0 Å². The van der Waals surface area contributed by atoms with Gasteiger partial charge < -0.3 is 11.1 Å². The van der Waals surface area contributed by atoms with E-state index in [9.17, 15) is 0 Å². The summed E-state index contributed by atoms with van der Waals surface area (Å²) in [7, 11) is 0. The van der Waals surface area contributed by atoms with E-state index in [1.54, 1.807) is 0 Å². The van der Waals surface area contributed by atoms with Crippen molar-refractivity contribution < 1.29 is 0 Å². The van der Waals surface area contributed by atoms with Crippen molar-refractivity contribution in [3.05, 3.63) is 22.9 Å². The summed E-state index contributed by atoms with van der Waals surface area (Å²) in [4.78, 5) is 4.33. The first-order valence-electron chi connectivity index (χ1n) is 5.42. The number of anilines is 1. The number of nitrogens with zero attached hydrogens (tertiary/aromatic N) is 2. The van der Waals surface area contributed by atoms with Gasteiger partial charge in [-0.25, -0.2) is 4.98 Å². The molecule has 1 rings (SSSR count). The third-order valence-corrected chi connectivity index (χ3v) is 2.35. The van der Waals surface area contributed by atoms with E-state index in [2.05, 4.69) is 16.4 Å². The maximum absolute atomic E-state index is 9.04. The molecule has 3 N–H and O–H groups in total. The molecule has 0 aliphatic carbocycles. The van der Waals surface area contributed by atoms with Crippen molar-refractivity contribution in [2.45, 2.75) is 33.2 Å². The van der Waals surface area contributed by atoms with E-state index in [1.165, 1.54) is 0 Å². The summed E-state index contributed by atoms with van der Waals surface area (Å²) in [5, 5.41) is 12.2. The minimum atomic E-state index is 0.156. The second-order valence-corrected chi connectivity index (χ2v) is 4.11. The minimum absolute atomic E-state index is 0.156.